The molecule has 0 aliphatic carbocycles. The second-order valence-electron chi connectivity index (χ2n) is 7.51. The Hall–Kier alpha value is -2.14. The van der Waals surface area contributed by atoms with Crippen LogP contribution in [0.2, 0.25) is 0 Å². The lowest BCUT2D eigenvalue weighted by atomic mass is 9.94. The average Bonchev–Trinajstić information content (AvgIpc) is 3.02. The van der Waals surface area contributed by atoms with E-state index in [2.05, 4.69) is 55.2 Å². The van der Waals surface area contributed by atoms with Crippen LogP contribution < -0.4 is 0 Å². The summed E-state index contributed by atoms with van der Waals surface area (Å²) in [6.45, 7) is 5.84. The van der Waals surface area contributed by atoms with Crippen LogP contribution in [0.5, 0.6) is 0 Å². The molecule has 1 aromatic carbocycles. The van der Waals surface area contributed by atoms with Gasteiger partial charge in [-0.15, -0.1) is 0 Å². The Balaban J connectivity index is 1.64. The van der Waals surface area contributed by atoms with Gasteiger partial charge in [-0.3, -0.25) is 9.69 Å². The molecule has 0 unspecified atom stereocenters. The third-order valence-electron chi connectivity index (χ3n) is 4.84. The minimum atomic E-state index is -0.102. The molecule has 25 heavy (non-hydrogen) atoms. The molecule has 134 valence electrons. The predicted molar refractivity (Wildman–Crippen MR) is 97.4 cm³/mol. The van der Waals surface area contributed by atoms with Crippen molar-refractivity contribution in [2.45, 2.75) is 39.3 Å². The van der Waals surface area contributed by atoms with Crippen LogP contribution in [0.3, 0.4) is 0 Å². The summed E-state index contributed by atoms with van der Waals surface area (Å²) in [7, 11) is 3.95. The number of benzene rings is 1. The van der Waals surface area contributed by atoms with Gasteiger partial charge in [0.1, 0.15) is 0 Å². The number of hydrogen-bond acceptors (Lipinski definition) is 4. The third-order valence-corrected chi connectivity index (χ3v) is 4.84. The molecule has 5 heteroatoms. The van der Waals surface area contributed by atoms with Crippen molar-refractivity contribution in [3.8, 4) is 0 Å². The van der Waals surface area contributed by atoms with E-state index in [-0.39, 0.29) is 5.91 Å². The number of nitrogens with zero attached hydrogens (tertiary/aromatic N) is 3. The Bertz CT molecular complexity index is 738. The Labute approximate surface area is 149 Å². The van der Waals surface area contributed by atoms with Crippen LogP contribution >= 0.6 is 0 Å². The van der Waals surface area contributed by atoms with Crippen LogP contribution in [0.25, 0.3) is 0 Å². The van der Waals surface area contributed by atoms with E-state index in [4.69, 9.17) is 4.52 Å². The van der Waals surface area contributed by atoms with Gasteiger partial charge in [-0.05, 0) is 36.9 Å². The number of amides is 1. The zero-order chi connectivity index (χ0) is 18.0. The van der Waals surface area contributed by atoms with Crippen molar-refractivity contribution < 1.29 is 9.32 Å². The van der Waals surface area contributed by atoms with Crippen molar-refractivity contribution in [1.29, 1.82) is 0 Å². The second kappa shape index (κ2) is 7.40. The minimum absolute atomic E-state index is 0.102. The molecular formula is C20H27N3O2. The van der Waals surface area contributed by atoms with E-state index < -0.39 is 0 Å². The maximum atomic E-state index is 12.6. The number of carbonyl (C=O) groups is 1. The standard InChI is InChI=1S/C20H27N3O2/c1-14(2)9-17-11-19(25-21-17)20(24)23(4)13-18-10-15-7-5-6-8-16(15)12-22(18)3/h5-8,11,14,18H,9-10,12-13H2,1-4H3/t18-/m1/s1. The number of aromatic nitrogens is 1. The van der Waals surface area contributed by atoms with Crippen LogP contribution in [0, 0.1) is 5.92 Å². The fraction of sp³-hybridized carbons (Fsp3) is 0.500. The van der Waals surface area contributed by atoms with E-state index >= 15 is 0 Å². The monoisotopic (exact) mass is 341 g/mol. The van der Waals surface area contributed by atoms with E-state index in [1.165, 1.54) is 11.1 Å². The summed E-state index contributed by atoms with van der Waals surface area (Å²) in [5.74, 6) is 0.716. The van der Waals surface area contributed by atoms with Crippen LogP contribution in [0.1, 0.15) is 41.2 Å². The molecule has 0 fully saturated rings. The molecule has 0 bridgehead atoms. The average molecular weight is 341 g/mol. The Morgan fingerprint density at radius 2 is 2.08 bits per heavy atom. The lowest BCUT2D eigenvalue weighted by Gasteiger charge is -2.36. The molecule has 0 saturated heterocycles. The van der Waals surface area contributed by atoms with Crippen molar-refractivity contribution >= 4 is 5.91 Å². The SMILES string of the molecule is CC(C)Cc1cc(C(=O)N(C)C[C@H]2Cc3ccccc3CN2C)on1. The molecule has 2 aromatic rings. The lowest BCUT2D eigenvalue weighted by Crippen LogP contribution is -2.46. The Morgan fingerprint density at radius 3 is 2.80 bits per heavy atom. The van der Waals surface area contributed by atoms with Crippen molar-refractivity contribution in [2.75, 3.05) is 20.6 Å². The van der Waals surface area contributed by atoms with Crippen LogP contribution in [-0.2, 0) is 19.4 Å². The van der Waals surface area contributed by atoms with Crippen molar-refractivity contribution in [3.05, 3.63) is 52.9 Å². The van der Waals surface area contributed by atoms with Crippen molar-refractivity contribution in [2.24, 2.45) is 5.92 Å². The Morgan fingerprint density at radius 1 is 1.36 bits per heavy atom. The highest BCUT2D eigenvalue weighted by molar-refractivity contribution is 5.91. The molecule has 0 spiro atoms. The maximum Gasteiger partial charge on any atom is 0.292 e. The molecule has 1 aromatic heterocycles. The highest BCUT2D eigenvalue weighted by atomic mass is 16.5. The number of fused-ring (bicyclic) bond motifs is 1. The molecule has 2 heterocycles. The molecule has 0 N–H and O–H groups in total. The van der Waals surface area contributed by atoms with Crippen LogP contribution in [0.4, 0.5) is 0 Å². The normalized spacial score (nSPS) is 17.6. The quantitative estimate of drug-likeness (QED) is 0.839. The first-order valence-corrected chi connectivity index (χ1v) is 8.92. The van der Waals surface area contributed by atoms with E-state index in [1.807, 2.05) is 7.05 Å². The molecular weight excluding hydrogens is 314 g/mol. The zero-order valence-corrected chi connectivity index (χ0v) is 15.5. The lowest BCUT2D eigenvalue weighted by molar-refractivity contribution is 0.0693. The number of likely N-dealkylation sites (N-methyl/N-ethyl adjacent to an activating group) is 2. The van der Waals surface area contributed by atoms with Gasteiger partial charge in [0, 0.05) is 32.2 Å². The summed E-state index contributed by atoms with van der Waals surface area (Å²) < 4.78 is 5.27. The first-order valence-electron chi connectivity index (χ1n) is 8.92. The van der Waals surface area contributed by atoms with Gasteiger partial charge in [-0.1, -0.05) is 43.3 Å². The zero-order valence-electron chi connectivity index (χ0n) is 15.5. The summed E-state index contributed by atoms with van der Waals surface area (Å²) >= 11 is 0. The molecule has 0 radical (unpaired) electrons. The number of hydrogen-bond donors (Lipinski definition) is 0. The molecule has 1 aliphatic heterocycles. The van der Waals surface area contributed by atoms with Gasteiger partial charge in [0.25, 0.3) is 5.91 Å². The Kier molecular flexibility index (Phi) is 5.23. The summed E-state index contributed by atoms with van der Waals surface area (Å²) in [6, 6.07) is 10.6. The third kappa shape index (κ3) is 4.10. The first-order chi connectivity index (χ1) is 11.9. The van der Waals surface area contributed by atoms with Gasteiger partial charge < -0.3 is 9.42 Å². The first kappa shape index (κ1) is 17.7. The molecule has 3 rings (SSSR count). The van der Waals surface area contributed by atoms with Crippen LogP contribution in [-0.4, -0.2) is 47.5 Å². The molecule has 1 atom stereocenters. The number of carbonyl (C=O) groups excluding carboxylic acids is 1. The minimum Gasteiger partial charge on any atom is -0.351 e. The fourth-order valence-corrected chi connectivity index (χ4v) is 3.44. The van der Waals surface area contributed by atoms with Crippen molar-refractivity contribution in [3.63, 3.8) is 0 Å². The van der Waals surface area contributed by atoms with E-state index in [0.29, 0.717) is 24.3 Å². The summed E-state index contributed by atoms with van der Waals surface area (Å²) in [4.78, 5) is 16.7. The van der Waals surface area contributed by atoms with Gasteiger partial charge in [0.15, 0.2) is 0 Å². The number of rotatable bonds is 5. The highest BCUT2D eigenvalue weighted by Gasteiger charge is 2.27. The second-order valence-corrected chi connectivity index (χ2v) is 7.51. The maximum absolute atomic E-state index is 12.6. The summed E-state index contributed by atoms with van der Waals surface area (Å²) in [5, 5.41) is 4.02. The van der Waals surface area contributed by atoms with Gasteiger partial charge in [0.05, 0.1) is 5.69 Å². The van der Waals surface area contributed by atoms with E-state index in [9.17, 15) is 4.79 Å². The van der Waals surface area contributed by atoms with Gasteiger partial charge in [-0.2, -0.15) is 0 Å². The largest absolute Gasteiger partial charge is 0.351 e. The van der Waals surface area contributed by atoms with E-state index in [0.717, 1.165) is 25.1 Å². The van der Waals surface area contributed by atoms with Crippen molar-refractivity contribution in [1.82, 2.24) is 15.0 Å². The topological polar surface area (TPSA) is 49.6 Å². The van der Waals surface area contributed by atoms with Gasteiger partial charge >= 0.3 is 0 Å². The summed E-state index contributed by atoms with van der Waals surface area (Å²) in [6.07, 6.45) is 1.78. The highest BCUT2D eigenvalue weighted by Crippen LogP contribution is 2.22. The van der Waals surface area contributed by atoms with Crippen LogP contribution in [0.15, 0.2) is 34.9 Å². The summed E-state index contributed by atoms with van der Waals surface area (Å²) in [5.41, 5.74) is 3.60. The van der Waals surface area contributed by atoms with Gasteiger partial charge in [-0.25, -0.2) is 0 Å². The molecule has 1 aliphatic rings. The molecule has 5 nitrogen and oxygen atoms in total. The fourth-order valence-electron chi connectivity index (χ4n) is 3.44. The predicted octanol–water partition coefficient (Wildman–Crippen LogP) is 3.00. The van der Waals surface area contributed by atoms with Gasteiger partial charge in [0.2, 0.25) is 5.76 Å². The molecule has 1 amide bonds. The van der Waals surface area contributed by atoms with E-state index in [1.54, 1.807) is 11.0 Å². The smallest absolute Gasteiger partial charge is 0.292 e. The molecule has 0 saturated carbocycles.